The first-order valence-corrected chi connectivity index (χ1v) is 6.57. The summed E-state index contributed by atoms with van der Waals surface area (Å²) in [5.74, 6) is 0.920. The number of amides is 1. The zero-order valence-electron chi connectivity index (χ0n) is 10.9. The molecule has 1 aliphatic heterocycles. The number of aromatic nitrogens is 2. The molecule has 2 aromatic heterocycles. The van der Waals surface area contributed by atoms with Gasteiger partial charge in [0.2, 0.25) is 0 Å². The van der Waals surface area contributed by atoms with E-state index in [1.807, 2.05) is 0 Å². The Kier molecular flexibility index (Phi) is 3.78. The monoisotopic (exact) mass is 277 g/mol. The average molecular weight is 277 g/mol. The summed E-state index contributed by atoms with van der Waals surface area (Å²) in [7, 11) is 0. The van der Waals surface area contributed by atoms with Gasteiger partial charge in [-0.25, -0.2) is 0 Å². The maximum Gasteiger partial charge on any atom is 0.255 e. The highest BCUT2D eigenvalue weighted by Crippen LogP contribution is 2.26. The predicted molar refractivity (Wildman–Crippen MR) is 67.0 cm³/mol. The van der Waals surface area contributed by atoms with E-state index in [4.69, 9.17) is 13.7 Å². The average Bonchev–Trinajstić information content (AvgIpc) is 3.20. The summed E-state index contributed by atoms with van der Waals surface area (Å²) in [4.78, 5) is 15.9. The van der Waals surface area contributed by atoms with Crippen molar-refractivity contribution in [3.63, 3.8) is 0 Å². The second kappa shape index (κ2) is 5.87. The highest BCUT2D eigenvalue weighted by molar-refractivity contribution is 5.93. The van der Waals surface area contributed by atoms with Crippen molar-refractivity contribution in [3.05, 3.63) is 35.9 Å². The first kappa shape index (κ1) is 12.9. The number of nitrogens with zero attached hydrogens (tertiary/aromatic N) is 2. The number of hydrogen-bond donors (Lipinski definition) is 1. The molecule has 3 heterocycles. The van der Waals surface area contributed by atoms with Crippen molar-refractivity contribution in [2.75, 3.05) is 13.2 Å². The van der Waals surface area contributed by atoms with Crippen LogP contribution < -0.4 is 5.32 Å². The quantitative estimate of drug-likeness (QED) is 0.890. The Labute approximate surface area is 115 Å². The summed E-state index contributed by atoms with van der Waals surface area (Å²) in [6.07, 6.45) is 5.24. The summed E-state index contributed by atoms with van der Waals surface area (Å²) < 4.78 is 15.5. The van der Waals surface area contributed by atoms with E-state index >= 15 is 0 Å². The number of carbonyl (C=O) groups excluding carboxylic acids is 1. The van der Waals surface area contributed by atoms with Crippen molar-refractivity contribution in [1.29, 1.82) is 0 Å². The summed E-state index contributed by atoms with van der Waals surface area (Å²) in [6, 6.07) is 1.61. The van der Waals surface area contributed by atoms with Crippen LogP contribution in [0, 0.1) is 0 Å². The standard InChI is InChI=1S/C13H15N3O4/c17-12(9-4-7-18-8-9)14-5-3-11-15-13(20-16-11)10-2-1-6-19-10/h4,7-8,10H,1-3,5-6H2,(H,14,17). The molecule has 0 aliphatic carbocycles. The summed E-state index contributed by atoms with van der Waals surface area (Å²) >= 11 is 0. The lowest BCUT2D eigenvalue weighted by atomic mass is 10.2. The number of furan rings is 1. The highest BCUT2D eigenvalue weighted by Gasteiger charge is 2.23. The van der Waals surface area contributed by atoms with E-state index in [2.05, 4.69) is 15.5 Å². The van der Waals surface area contributed by atoms with Crippen LogP contribution in [0.3, 0.4) is 0 Å². The Balaban J connectivity index is 1.48. The van der Waals surface area contributed by atoms with Crippen molar-refractivity contribution in [2.45, 2.75) is 25.4 Å². The fraction of sp³-hybridized carbons (Fsp3) is 0.462. The second-order valence-electron chi connectivity index (χ2n) is 4.57. The summed E-state index contributed by atoms with van der Waals surface area (Å²) in [5, 5.41) is 6.64. The molecule has 0 radical (unpaired) electrons. The third kappa shape index (κ3) is 2.88. The third-order valence-corrected chi connectivity index (χ3v) is 3.11. The van der Waals surface area contributed by atoms with Gasteiger partial charge in [0.1, 0.15) is 12.4 Å². The minimum absolute atomic E-state index is 0.0724. The van der Waals surface area contributed by atoms with Crippen LogP contribution in [0.25, 0.3) is 0 Å². The first-order valence-electron chi connectivity index (χ1n) is 6.57. The van der Waals surface area contributed by atoms with Crippen LogP contribution in [0.1, 0.15) is 41.0 Å². The SMILES string of the molecule is O=C(NCCc1noc(C2CCCO2)n1)c1ccoc1. The van der Waals surface area contributed by atoms with Gasteiger partial charge in [0.05, 0.1) is 11.8 Å². The van der Waals surface area contributed by atoms with Gasteiger partial charge in [-0.1, -0.05) is 5.16 Å². The number of hydrogen-bond acceptors (Lipinski definition) is 6. The molecule has 7 heteroatoms. The molecular weight excluding hydrogens is 262 g/mol. The van der Waals surface area contributed by atoms with Crippen LogP contribution in [-0.2, 0) is 11.2 Å². The maximum absolute atomic E-state index is 11.7. The van der Waals surface area contributed by atoms with Gasteiger partial charge in [-0.2, -0.15) is 4.98 Å². The third-order valence-electron chi connectivity index (χ3n) is 3.11. The first-order chi connectivity index (χ1) is 9.83. The van der Waals surface area contributed by atoms with Gasteiger partial charge in [-0.3, -0.25) is 4.79 Å². The Hall–Kier alpha value is -2.15. The molecule has 0 saturated carbocycles. The highest BCUT2D eigenvalue weighted by atomic mass is 16.5. The predicted octanol–water partition coefficient (Wildman–Crippen LogP) is 1.49. The minimum atomic E-state index is -0.179. The fourth-order valence-electron chi connectivity index (χ4n) is 2.06. The largest absolute Gasteiger partial charge is 0.472 e. The molecule has 3 rings (SSSR count). The Bertz CT molecular complexity index is 558. The zero-order valence-corrected chi connectivity index (χ0v) is 10.9. The van der Waals surface area contributed by atoms with Gasteiger partial charge in [-0.15, -0.1) is 0 Å². The van der Waals surface area contributed by atoms with Gasteiger partial charge >= 0.3 is 0 Å². The van der Waals surface area contributed by atoms with Gasteiger partial charge < -0.3 is 19.0 Å². The lowest BCUT2D eigenvalue weighted by Gasteiger charge is -2.01. The van der Waals surface area contributed by atoms with Crippen molar-refractivity contribution in [3.8, 4) is 0 Å². The molecule has 1 N–H and O–H groups in total. The molecule has 20 heavy (non-hydrogen) atoms. The van der Waals surface area contributed by atoms with Crippen molar-refractivity contribution >= 4 is 5.91 Å². The van der Waals surface area contributed by atoms with Crippen LogP contribution in [0.15, 0.2) is 27.5 Å². The van der Waals surface area contributed by atoms with E-state index < -0.39 is 0 Å². The lowest BCUT2D eigenvalue weighted by molar-refractivity contribution is 0.0835. The minimum Gasteiger partial charge on any atom is -0.472 e. The summed E-state index contributed by atoms with van der Waals surface area (Å²) in [6.45, 7) is 1.18. The molecule has 1 amide bonds. The van der Waals surface area contributed by atoms with Crippen LogP contribution in [0.2, 0.25) is 0 Å². The molecule has 0 aromatic carbocycles. The molecule has 1 fully saturated rings. The summed E-state index contributed by atoms with van der Waals surface area (Å²) in [5.41, 5.74) is 0.498. The fourth-order valence-corrected chi connectivity index (χ4v) is 2.06. The number of nitrogens with one attached hydrogen (secondary N) is 1. The lowest BCUT2D eigenvalue weighted by Crippen LogP contribution is -2.25. The van der Waals surface area contributed by atoms with Crippen LogP contribution in [-0.4, -0.2) is 29.2 Å². The van der Waals surface area contributed by atoms with Crippen LogP contribution in [0.5, 0.6) is 0 Å². The topological polar surface area (TPSA) is 90.4 Å². The Morgan fingerprint density at radius 3 is 3.20 bits per heavy atom. The number of carbonyl (C=O) groups is 1. The molecular formula is C13H15N3O4. The van der Waals surface area contributed by atoms with E-state index in [9.17, 15) is 4.79 Å². The van der Waals surface area contributed by atoms with Gasteiger partial charge in [0.15, 0.2) is 5.82 Å². The zero-order chi connectivity index (χ0) is 13.8. The Morgan fingerprint density at radius 1 is 1.50 bits per heavy atom. The van der Waals surface area contributed by atoms with Gasteiger partial charge in [0.25, 0.3) is 11.8 Å². The van der Waals surface area contributed by atoms with E-state index in [1.165, 1.54) is 12.5 Å². The van der Waals surface area contributed by atoms with Gasteiger partial charge in [-0.05, 0) is 18.9 Å². The normalized spacial score (nSPS) is 18.3. The second-order valence-corrected chi connectivity index (χ2v) is 4.57. The van der Waals surface area contributed by atoms with Crippen LogP contribution >= 0.6 is 0 Å². The Morgan fingerprint density at radius 2 is 2.45 bits per heavy atom. The molecule has 1 aliphatic rings. The van der Waals surface area contributed by atoms with Crippen molar-refractivity contribution in [2.24, 2.45) is 0 Å². The van der Waals surface area contributed by atoms with E-state index in [0.717, 1.165) is 19.4 Å². The van der Waals surface area contributed by atoms with E-state index in [1.54, 1.807) is 6.07 Å². The molecule has 2 aromatic rings. The molecule has 1 atom stereocenters. The van der Waals surface area contributed by atoms with Gasteiger partial charge in [0, 0.05) is 19.6 Å². The smallest absolute Gasteiger partial charge is 0.255 e. The van der Waals surface area contributed by atoms with E-state index in [-0.39, 0.29) is 12.0 Å². The van der Waals surface area contributed by atoms with E-state index in [0.29, 0.717) is 30.2 Å². The van der Waals surface area contributed by atoms with Crippen LogP contribution in [0.4, 0.5) is 0 Å². The van der Waals surface area contributed by atoms with Crippen molar-refractivity contribution in [1.82, 2.24) is 15.5 Å². The molecule has 1 unspecified atom stereocenters. The molecule has 0 bridgehead atoms. The molecule has 0 spiro atoms. The molecule has 1 saturated heterocycles. The number of rotatable bonds is 5. The maximum atomic E-state index is 11.7. The molecule has 7 nitrogen and oxygen atoms in total. The van der Waals surface area contributed by atoms with Crippen molar-refractivity contribution < 1.29 is 18.5 Å². The number of ether oxygens (including phenoxy) is 1. The molecule has 106 valence electrons.